The zero-order chi connectivity index (χ0) is 29.4. The Morgan fingerprint density at radius 2 is 1.61 bits per heavy atom. The van der Waals surface area contributed by atoms with Gasteiger partial charge in [0.2, 0.25) is 21.8 Å². The lowest BCUT2D eigenvalue weighted by atomic mass is 9.94. The van der Waals surface area contributed by atoms with Gasteiger partial charge in [-0.05, 0) is 49.1 Å². The van der Waals surface area contributed by atoms with Gasteiger partial charge < -0.3 is 10.2 Å². The highest BCUT2D eigenvalue weighted by Crippen LogP contribution is 2.22. The number of hydrogen-bond acceptors (Lipinski definition) is 4. The topological polar surface area (TPSA) is 86.8 Å². The van der Waals surface area contributed by atoms with Crippen molar-refractivity contribution in [1.82, 2.24) is 10.2 Å². The fraction of sp³-hybridized carbons (Fsp3) is 0.375. The molecule has 0 saturated heterocycles. The SMILES string of the molecule is Cc1ccc(CN(C(=O)CN(c2cccc(F)c2)S(C)(=O)=O)[C@H](Cc2ccccc2)C(=O)NC2CCCCC2)cc1. The standard InChI is InChI=1S/C32H38FN3O4S/c1-24-16-18-26(19-17-24)22-35(31(37)23-36(41(2,39)40)29-15-9-12-27(33)21-29)30(20-25-10-5-3-6-11-25)32(38)34-28-13-7-4-8-14-28/h3,5-6,9-12,15-19,21,28,30H,4,7-8,13-14,20,22-23H2,1-2H3,(H,34,38)/t30-/m1/s1. The largest absolute Gasteiger partial charge is 0.352 e. The van der Waals surface area contributed by atoms with Crippen LogP contribution >= 0.6 is 0 Å². The average molecular weight is 580 g/mol. The molecule has 41 heavy (non-hydrogen) atoms. The molecule has 0 aliphatic heterocycles. The molecule has 1 saturated carbocycles. The highest BCUT2D eigenvalue weighted by Gasteiger charge is 2.34. The number of nitrogens with zero attached hydrogens (tertiary/aromatic N) is 2. The minimum atomic E-state index is -3.95. The van der Waals surface area contributed by atoms with Gasteiger partial charge in [0.25, 0.3) is 0 Å². The number of anilines is 1. The van der Waals surface area contributed by atoms with Crippen molar-refractivity contribution in [3.05, 3.63) is 101 Å². The average Bonchev–Trinajstić information content (AvgIpc) is 2.95. The molecule has 1 fully saturated rings. The van der Waals surface area contributed by atoms with Crippen LogP contribution in [0.2, 0.25) is 0 Å². The Kier molecular flexibility index (Phi) is 10.2. The van der Waals surface area contributed by atoms with E-state index in [1.54, 1.807) is 0 Å². The molecule has 1 aliphatic rings. The summed E-state index contributed by atoms with van der Waals surface area (Å²) >= 11 is 0. The summed E-state index contributed by atoms with van der Waals surface area (Å²) in [6.07, 6.45) is 6.23. The van der Waals surface area contributed by atoms with Gasteiger partial charge in [-0.15, -0.1) is 0 Å². The maximum absolute atomic E-state index is 14.1. The Bertz CT molecular complexity index is 1420. The molecule has 3 aromatic carbocycles. The molecule has 0 spiro atoms. The van der Waals surface area contributed by atoms with Crippen molar-refractivity contribution in [3.8, 4) is 0 Å². The molecule has 0 heterocycles. The Morgan fingerprint density at radius 3 is 2.24 bits per heavy atom. The number of halogens is 1. The van der Waals surface area contributed by atoms with E-state index in [0.29, 0.717) is 0 Å². The first kappa shape index (κ1) is 30.2. The summed E-state index contributed by atoms with van der Waals surface area (Å²) in [7, 11) is -3.95. The van der Waals surface area contributed by atoms with Crippen LogP contribution in [0, 0.1) is 12.7 Å². The van der Waals surface area contributed by atoms with Crippen molar-refractivity contribution >= 4 is 27.5 Å². The van der Waals surface area contributed by atoms with Crippen molar-refractivity contribution in [3.63, 3.8) is 0 Å². The first-order chi connectivity index (χ1) is 19.6. The maximum atomic E-state index is 14.1. The molecule has 0 aromatic heterocycles. The first-order valence-electron chi connectivity index (χ1n) is 14.0. The van der Waals surface area contributed by atoms with Crippen LogP contribution in [0.4, 0.5) is 10.1 Å². The molecule has 2 amide bonds. The second-order valence-electron chi connectivity index (χ2n) is 10.8. The third kappa shape index (κ3) is 8.63. The van der Waals surface area contributed by atoms with Crippen molar-refractivity contribution in [2.24, 2.45) is 0 Å². The van der Waals surface area contributed by atoms with Gasteiger partial charge in [-0.25, -0.2) is 12.8 Å². The van der Waals surface area contributed by atoms with Crippen LogP contribution in [0.25, 0.3) is 0 Å². The number of aryl methyl sites for hydroxylation is 1. The number of rotatable bonds is 11. The van der Waals surface area contributed by atoms with E-state index in [1.165, 1.54) is 23.1 Å². The molecular formula is C32H38FN3O4S. The lowest BCUT2D eigenvalue weighted by Crippen LogP contribution is -2.55. The lowest BCUT2D eigenvalue weighted by molar-refractivity contribution is -0.140. The molecule has 9 heteroatoms. The Balaban J connectivity index is 1.71. The summed E-state index contributed by atoms with van der Waals surface area (Å²) in [4.78, 5) is 29.5. The maximum Gasteiger partial charge on any atom is 0.244 e. The fourth-order valence-corrected chi connectivity index (χ4v) is 6.07. The van der Waals surface area contributed by atoms with Gasteiger partial charge in [-0.2, -0.15) is 0 Å². The second-order valence-corrected chi connectivity index (χ2v) is 12.7. The minimum Gasteiger partial charge on any atom is -0.352 e. The predicted molar refractivity (Wildman–Crippen MR) is 159 cm³/mol. The fourth-order valence-electron chi connectivity index (χ4n) is 5.23. The zero-order valence-corrected chi connectivity index (χ0v) is 24.4. The van der Waals surface area contributed by atoms with E-state index in [0.717, 1.165) is 65.4 Å². The van der Waals surface area contributed by atoms with Gasteiger partial charge >= 0.3 is 0 Å². The Labute approximate surface area is 242 Å². The third-order valence-corrected chi connectivity index (χ3v) is 8.61. The summed E-state index contributed by atoms with van der Waals surface area (Å²) in [5, 5.41) is 3.18. The molecular weight excluding hydrogens is 541 g/mol. The zero-order valence-electron chi connectivity index (χ0n) is 23.6. The van der Waals surface area contributed by atoms with Crippen LogP contribution in [-0.2, 0) is 32.6 Å². The van der Waals surface area contributed by atoms with Crippen LogP contribution in [-0.4, -0.2) is 50.0 Å². The summed E-state index contributed by atoms with van der Waals surface area (Å²) in [5.41, 5.74) is 2.78. The molecule has 0 bridgehead atoms. The molecule has 0 radical (unpaired) electrons. The van der Waals surface area contributed by atoms with E-state index in [-0.39, 0.29) is 30.6 Å². The summed E-state index contributed by atoms with van der Waals surface area (Å²) < 4.78 is 40.6. The highest BCUT2D eigenvalue weighted by atomic mass is 32.2. The van der Waals surface area contributed by atoms with Gasteiger partial charge in [0, 0.05) is 19.0 Å². The number of carbonyl (C=O) groups excluding carboxylic acids is 2. The number of sulfonamides is 1. The molecule has 218 valence electrons. The van der Waals surface area contributed by atoms with E-state index >= 15 is 0 Å². The van der Waals surface area contributed by atoms with Crippen LogP contribution in [0.15, 0.2) is 78.9 Å². The Morgan fingerprint density at radius 1 is 0.927 bits per heavy atom. The van der Waals surface area contributed by atoms with Gasteiger partial charge in [0.05, 0.1) is 11.9 Å². The van der Waals surface area contributed by atoms with Crippen molar-refractivity contribution < 1.29 is 22.4 Å². The predicted octanol–water partition coefficient (Wildman–Crippen LogP) is 4.99. The molecule has 7 nitrogen and oxygen atoms in total. The molecule has 4 rings (SSSR count). The van der Waals surface area contributed by atoms with Gasteiger partial charge in [-0.3, -0.25) is 13.9 Å². The Hall–Kier alpha value is -3.72. The van der Waals surface area contributed by atoms with E-state index < -0.39 is 34.3 Å². The number of carbonyl (C=O) groups is 2. The lowest BCUT2D eigenvalue weighted by Gasteiger charge is -2.35. The summed E-state index contributed by atoms with van der Waals surface area (Å²) in [6, 6.07) is 21.4. The number of benzene rings is 3. The van der Waals surface area contributed by atoms with Crippen LogP contribution < -0.4 is 9.62 Å². The summed E-state index contributed by atoms with van der Waals surface area (Å²) in [5.74, 6) is -1.44. The smallest absolute Gasteiger partial charge is 0.244 e. The van der Waals surface area contributed by atoms with Crippen LogP contribution in [0.5, 0.6) is 0 Å². The van der Waals surface area contributed by atoms with Crippen molar-refractivity contribution in [2.75, 3.05) is 17.1 Å². The molecule has 1 aliphatic carbocycles. The molecule has 1 N–H and O–H groups in total. The van der Waals surface area contributed by atoms with Crippen molar-refractivity contribution in [1.29, 1.82) is 0 Å². The summed E-state index contributed by atoms with van der Waals surface area (Å²) in [6.45, 7) is 1.50. The quantitative estimate of drug-likeness (QED) is 0.347. The van der Waals surface area contributed by atoms with E-state index in [4.69, 9.17) is 0 Å². The van der Waals surface area contributed by atoms with E-state index in [9.17, 15) is 22.4 Å². The van der Waals surface area contributed by atoms with Crippen LogP contribution in [0.3, 0.4) is 0 Å². The normalized spacial score (nSPS) is 14.7. The second kappa shape index (κ2) is 13.8. The number of hydrogen-bond donors (Lipinski definition) is 1. The molecule has 0 unspecified atom stereocenters. The first-order valence-corrected chi connectivity index (χ1v) is 15.9. The van der Waals surface area contributed by atoms with Crippen LogP contribution in [0.1, 0.15) is 48.8 Å². The molecule has 1 atom stereocenters. The van der Waals surface area contributed by atoms with E-state index in [2.05, 4.69) is 5.32 Å². The van der Waals surface area contributed by atoms with Gasteiger partial charge in [0.1, 0.15) is 18.4 Å². The third-order valence-electron chi connectivity index (χ3n) is 7.47. The van der Waals surface area contributed by atoms with E-state index in [1.807, 2.05) is 61.5 Å². The van der Waals surface area contributed by atoms with Crippen molar-refractivity contribution in [2.45, 2.75) is 64.1 Å². The monoisotopic (exact) mass is 579 g/mol. The highest BCUT2D eigenvalue weighted by molar-refractivity contribution is 7.92. The van der Waals surface area contributed by atoms with Gasteiger partial charge in [-0.1, -0.05) is 85.5 Å². The number of nitrogens with one attached hydrogen (secondary N) is 1. The molecule has 3 aromatic rings. The minimum absolute atomic E-state index is 0.0330. The number of amides is 2. The van der Waals surface area contributed by atoms with Gasteiger partial charge in [0.15, 0.2) is 0 Å².